The van der Waals surface area contributed by atoms with Crippen LogP contribution in [0.4, 0.5) is 26.3 Å². The van der Waals surface area contributed by atoms with E-state index < -0.39 is 34.7 Å². The monoisotopic (exact) mass is 568 g/mol. The lowest BCUT2D eigenvalue weighted by atomic mass is 9.83. The van der Waals surface area contributed by atoms with Crippen molar-refractivity contribution >= 4 is 0 Å². The van der Waals surface area contributed by atoms with E-state index in [1.54, 1.807) is 12.1 Å². The topological polar surface area (TPSA) is 24.9 Å². The molecule has 2 aromatic carbocycles. The van der Waals surface area contributed by atoms with E-state index in [4.69, 9.17) is 9.47 Å². The quantitative estimate of drug-likeness (QED) is 0.291. The van der Waals surface area contributed by atoms with Crippen molar-refractivity contribution in [1.29, 1.82) is 0 Å². The summed E-state index contributed by atoms with van der Waals surface area (Å²) in [6.45, 7) is 5.75. The number of unbranched alkanes of at least 4 members (excludes halogenated alkanes) is 1. The first-order valence-electron chi connectivity index (χ1n) is 14.1. The number of alkyl halides is 6. The predicted molar refractivity (Wildman–Crippen MR) is 136 cm³/mol. The molecule has 0 amide bonds. The summed E-state index contributed by atoms with van der Waals surface area (Å²) in [5, 5.41) is 0. The van der Waals surface area contributed by atoms with Gasteiger partial charge in [-0.15, -0.1) is 0 Å². The number of benzene rings is 2. The zero-order chi connectivity index (χ0) is 28.2. The van der Waals surface area contributed by atoms with Gasteiger partial charge in [-0.1, -0.05) is 12.1 Å². The van der Waals surface area contributed by atoms with Gasteiger partial charge < -0.3 is 19.3 Å². The van der Waals surface area contributed by atoms with Crippen molar-refractivity contribution in [2.45, 2.75) is 75.3 Å². The van der Waals surface area contributed by atoms with E-state index in [9.17, 15) is 26.3 Å². The average molecular weight is 569 g/mol. The van der Waals surface area contributed by atoms with Crippen molar-refractivity contribution in [1.82, 2.24) is 9.80 Å². The Kier molecular flexibility index (Phi) is 7.21. The number of rotatable bonds is 5. The lowest BCUT2D eigenvalue weighted by Gasteiger charge is -2.40. The number of piperidine rings is 2. The third-order valence-electron chi connectivity index (χ3n) is 9.39. The van der Waals surface area contributed by atoms with Gasteiger partial charge in [0, 0.05) is 26.2 Å². The number of likely N-dealkylation sites (tertiary alicyclic amines) is 2. The molecule has 0 aliphatic carbocycles. The second kappa shape index (κ2) is 10.3. The van der Waals surface area contributed by atoms with E-state index in [1.165, 1.54) is 12.1 Å². The van der Waals surface area contributed by atoms with Crippen molar-refractivity contribution < 1.29 is 35.8 Å². The average Bonchev–Trinajstić information content (AvgIpc) is 3.46. The molecule has 4 heterocycles. The minimum atomic E-state index is -4.36. The van der Waals surface area contributed by atoms with Crippen LogP contribution >= 0.6 is 0 Å². The second-order valence-electron chi connectivity index (χ2n) is 11.7. The first-order valence-corrected chi connectivity index (χ1v) is 14.1. The molecule has 10 heteroatoms. The maximum absolute atomic E-state index is 13.3. The molecular formula is C30H34F6N2O2. The number of hydrogen-bond acceptors (Lipinski definition) is 4. The molecule has 0 atom stereocenters. The van der Waals surface area contributed by atoms with Crippen LogP contribution in [0.15, 0.2) is 36.4 Å². The van der Waals surface area contributed by atoms with Gasteiger partial charge in [0.1, 0.15) is 0 Å². The molecule has 0 N–H and O–H groups in total. The summed E-state index contributed by atoms with van der Waals surface area (Å²) in [6, 6.07) is 7.96. The largest absolute Gasteiger partial charge is 0.416 e. The zero-order valence-electron chi connectivity index (χ0n) is 22.3. The predicted octanol–water partition coefficient (Wildman–Crippen LogP) is 6.85. The standard InChI is InChI=1S/C30H34F6N2O2/c31-29(32,33)23-5-3-21-19-39-27(25(21)17-23)7-13-37(14-8-27)11-1-2-12-38-15-9-28(10-16-38)26-18-24(30(34,35)36)6-4-22(26)20-40-28/h3-6,17-18H,1-2,7-16,19-20H2. The Morgan fingerprint density at radius 1 is 0.600 bits per heavy atom. The highest BCUT2D eigenvalue weighted by atomic mass is 19.4. The summed E-state index contributed by atoms with van der Waals surface area (Å²) in [5.41, 5.74) is 0.668. The number of halogens is 6. The molecule has 6 rings (SSSR count). The Hall–Kier alpha value is -2.14. The molecule has 2 fully saturated rings. The Bertz CT molecular complexity index is 1130. The molecule has 0 aromatic heterocycles. The summed E-state index contributed by atoms with van der Waals surface area (Å²) in [4.78, 5) is 4.74. The molecule has 2 saturated heterocycles. The summed E-state index contributed by atoms with van der Waals surface area (Å²) in [7, 11) is 0. The van der Waals surface area contributed by atoms with Crippen molar-refractivity contribution in [3.63, 3.8) is 0 Å². The minimum absolute atomic E-state index is 0.366. The Balaban J connectivity index is 0.954. The molecule has 4 aliphatic rings. The highest BCUT2D eigenvalue weighted by Gasteiger charge is 2.45. The van der Waals surface area contributed by atoms with Gasteiger partial charge in [0.15, 0.2) is 0 Å². The Morgan fingerprint density at radius 3 is 1.32 bits per heavy atom. The van der Waals surface area contributed by atoms with Crippen molar-refractivity contribution in [3.8, 4) is 0 Å². The minimum Gasteiger partial charge on any atom is -0.365 e. The second-order valence-corrected chi connectivity index (χ2v) is 11.7. The van der Waals surface area contributed by atoms with Crippen LogP contribution in [0.1, 0.15) is 71.9 Å². The van der Waals surface area contributed by atoms with Crippen LogP contribution in [-0.4, -0.2) is 49.1 Å². The van der Waals surface area contributed by atoms with Gasteiger partial charge >= 0.3 is 12.4 Å². The first-order chi connectivity index (χ1) is 19.0. The van der Waals surface area contributed by atoms with Gasteiger partial charge in [-0.05, 0) is 98.1 Å². The fraction of sp³-hybridized carbons (Fsp3) is 0.600. The summed E-state index contributed by atoms with van der Waals surface area (Å²) in [6.07, 6.45) is -3.95. The molecule has 218 valence electrons. The van der Waals surface area contributed by atoms with E-state index in [2.05, 4.69) is 9.80 Å². The summed E-state index contributed by atoms with van der Waals surface area (Å²) in [5.74, 6) is 0. The lowest BCUT2D eigenvalue weighted by Crippen LogP contribution is -2.44. The maximum atomic E-state index is 13.3. The van der Waals surface area contributed by atoms with E-state index in [0.717, 1.165) is 75.4 Å². The van der Waals surface area contributed by atoms with E-state index in [1.807, 2.05) is 0 Å². The molecule has 2 aromatic rings. The molecular weight excluding hydrogens is 534 g/mol. The van der Waals surface area contributed by atoms with Crippen LogP contribution in [0.2, 0.25) is 0 Å². The summed E-state index contributed by atoms with van der Waals surface area (Å²) < 4.78 is 91.8. The molecule has 4 nitrogen and oxygen atoms in total. The van der Waals surface area contributed by atoms with E-state index >= 15 is 0 Å². The van der Waals surface area contributed by atoms with Crippen molar-refractivity contribution in [3.05, 3.63) is 69.8 Å². The highest BCUT2D eigenvalue weighted by molar-refractivity contribution is 5.41. The van der Waals surface area contributed by atoms with E-state index in [0.29, 0.717) is 50.0 Å². The maximum Gasteiger partial charge on any atom is 0.416 e. The van der Waals surface area contributed by atoms with Crippen LogP contribution in [0.25, 0.3) is 0 Å². The lowest BCUT2D eigenvalue weighted by molar-refractivity contribution is -0.138. The van der Waals surface area contributed by atoms with Crippen LogP contribution in [0.3, 0.4) is 0 Å². The summed E-state index contributed by atoms with van der Waals surface area (Å²) >= 11 is 0. The highest BCUT2D eigenvalue weighted by Crippen LogP contribution is 2.47. The smallest absolute Gasteiger partial charge is 0.365 e. The van der Waals surface area contributed by atoms with Crippen molar-refractivity contribution in [2.75, 3.05) is 39.3 Å². The van der Waals surface area contributed by atoms with Crippen LogP contribution in [0.5, 0.6) is 0 Å². The Morgan fingerprint density at radius 2 is 0.975 bits per heavy atom. The molecule has 2 spiro atoms. The SMILES string of the molecule is FC(F)(F)c1ccc2c(c1)C1(CCN(CCCCN3CCC4(CC3)OCc3ccc(C(F)(F)F)cc34)CC1)OC2. The molecule has 40 heavy (non-hydrogen) atoms. The number of hydrogen-bond donors (Lipinski definition) is 0. The normalized spacial score (nSPS) is 22.6. The zero-order valence-corrected chi connectivity index (χ0v) is 22.3. The molecule has 0 radical (unpaired) electrons. The van der Waals surface area contributed by atoms with E-state index in [-0.39, 0.29) is 0 Å². The van der Waals surface area contributed by atoms with Crippen LogP contribution in [-0.2, 0) is 46.2 Å². The van der Waals surface area contributed by atoms with Crippen LogP contribution in [0, 0.1) is 0 Å². The number of fused-ring (bicyclic) bond motifs is 4. The van der Waals surface area contributed by atoms with Crippen molar-refractivity contribution in [2.24, 2.45) is 0 Å². The molecule has 4 aliphatic heterocycles. The Labute approximate surface area is 230 Å². The number of nitrogens with zero attached hydrogens (tertiary/aromatic N) is 2. The third-order valence-corrected chi connectivity index (χ3v) is 9.39. The molecule has 0 unspecified atom stereocenters. The van der Waals surface area contributed by atoms with Gasteiger partial charge in [-0.25, -0.2) is 0 Å². The van der Waals surface area contributed by atoms with Gasteiger partial charge in [-0.3, -0.25) is 0 Å². The van der Waals surface area contributed by atoms with Crippen LogP contribution < -0.4 is 0 Å². The van der Waals surface area contributed by atoms with Gasteiger partial charge in [0.05, 0.1) is 35.5 Å². The fourth-order valence-corrected chi connectivity index (χ4v) is 6.97. The van der Waals surface area contributed by atoms with Gasteiger partial charge in [-0.2, -0.15) is 26.3 Å². The molecule has 0 bridgehead atoms. The number of ether oxygens (including phenoxy) is 2. The van der Waals surface area contributed by atoms with Gasteiger partial charge in [0.25, 0.3) is 0 Å². The fourth-order valence-electron chi connectivity index (χ4n) is 6.97. The first kappa shape index (κ1) is 28.0. The van der Waals surface area contributed by atoms with Gasteiger partial charge in [0.2, 0.25) is 0 Å². The third kappa shape index (κ3) is 5.28. The molecule has 0 saturated carbocycles.